The number of hydrogen-bond acceptors (Lipinski definition) is 4. The van der Waals surface area contributed by atoms with Gasteiger partial charge in [-0.25, -0.2) is 0 Å². The van der Waals surface area contributed by atoms with E-state index in [0.29, 0.717) is 19.4 Å². The van der Waals surface area contributed by atoms with Gasteiger partial charge >= 0.3 is 12.1 Å². The van der Waals surface area contributed by atoms with Crippen molar-refractivity contribution in [2.45, 2.75) is 63.3 Å². The fraction of sp³-hybridized carbons (Fsp3) is 0.929. The lowest BCUT2D eigenvalue weighted by Crippen LogP contribution is -2.56. The molecule has 0 bridgehead atoms. The first-order valence-electron chi connectivity index (χ1n) is 7.35. The number of halogens is 3. The highest BCUT2D eigenvalue weighted by atomic mass is 19.4. The number of methoxy groups -OCH3 is 1. The van der Waals surface area contributed by atoms with Crippen molar-refractivity contribution < 1.29 is 27.4 Å². The van der Waals surface area contributed by atoms with Crippen molar-refractivity contribution in [1.82, 2.24) is 5.32 Å². The van der Waals surface area contributed by atoms with E-state index < -0.39 is 18.1 Å². The van der Waals surface area contributed by atoms with Crippen molar-refractivity contribution in [3.63, 3.8) is 0 Å². The molecule has 0 aromatic rings. The lowest BCUT2D eigenvalue weighted by molar-refractivity contribution is -0.153. The molecule has 1 saturated carbocycles. The number of rotatable bonds is 7. The van der Waals surface area contributed by atoms with Crippen molar-refractivity contribution in [1.29, 1.82) is 0 Å². The van der Waals surface area contributed by atoms with Crippen molar-refractivity contribution >= 4 is 5.97 Å². The van der Waals surface area contributed by atoms with Crippen LogP contribution in [0.3, 0.4) is 0 Å². The zero-order valence-electron chi connectivity index (χ0n) is 12.6. The van der Waals surface area contributed by atoms with Gasteiger partial charge in [-0.05, 0) is 32.2 Å². The smallest absolute Gasteiger partial charge is 0.389 e. The molecule has 7 heteroatoms. The van der Waals surface area contributed by atoms with E-state index in [1.165, 1.54) is 7.11 Å². The minimum Gasteiger partial charge on any atom is -0.468 e. The van der Waals surface area contributed by atoms with E-state index in [2.05, 4.69) is 5.32 Å². The van der Waals surface area contributed by atoms with Crippen LogP contribution in [0.15, 0.2) is 0 Å². The minimum absolute atomic E-state index is 0.0492. The van der Waals surface area contributed by atoms with Gasteiger partial charge in [0, 0.05) is 19.4 Å². The Labute approximate surface area is 123 Å². The highest BCUT2D eigenvalue weighted by molar-refractivity contribution is 5.81. The maximum Gasteiger partial charge on any atom is 0.389 e. The monoisotopic (exact) mass is 311 g/mol. The maximum absolute atomic E-state index is 12.1. The van der Waals surface area contributed by atoms with E-state index in [9.17, 15) is 18.0 Å². The molecule has 1 aliphatic rings. The fourth-order valence-corrected chi connectivity index (χ4v) is 2.84. The average molecular weight is 311 g/mol. The second-order valence-electron chi connectivity index (χ2n) is 5.41. The molecular formula is C14H24F3NO3. The van der Waals surface area contributed by atoms with Crippen molar-refractivity contribution in [3.05, 3.63) is 0 Å². The Kier molecular flexibility index (Phi) is 6.93. The van der Waals surface area contributed by atoms with Gasteiger partial charge in [-0.3, -0.25) is 4.79 Å². The number of hydrogen-bond donors (Lipinski definition) is 1. The highest BCUT2D eigenvalue weighted by Gasteiger charge is 2.43. The molecule has 0 aliphatic heterocycles. The summed E-state index contributed by atoms with van der Waals surface area (Å²) in [5, 5.41) is 3.16. The highest BCUT2D eigenvalue weighted by Crippen LogP contribution is 2.31. The molecule has 1 fully saturated rings. The molecular weight excluding hydrogens is 287 g/mol. The zero-order chi connectivity index (χ0) is 15.9. The van der Waals surface area contributed by atoms with Crippen LogP contribution in [0.4, 0.5) is 13.2 Å². The Morgan fingerprint density at radius 3 is 2.71 bits per heavy atom. The van der Waals surface area contributed by atoms with E-state index >= 15 is 0 Å². The van der Waals surface area contributed by atoms with Gasteiger partial charge in [-0.15, -0.1) is 0 Å². The molecule has 0 heterocycles. The summed E-state index contributed by atoms with van der Waals surface area (Å²) < 4.78 is 46.6. The van der Waals surface area contributed by atoms with Crippen LogP contribution >= 0.6 is 0 Å². The van der Waals surface area contributed by atoms with Crippen LogP contribution < -0.4 is 5.32 Å². The van der Waals surface area contributed by atoms with Gasteiger partial charge in [0.2, 0.25) is 0 Å². The summed E-state index contributed by atoms with van der Waals surface area (Å²) in [6.45, 7) is 2.59. The Morgan fingerprint density at radius 1 is 1.43 bits per heavy atom. The SMILES string of the molecule is CCNC1(C(=O)OC)CCCC(OCCCC(F)(F)F)C1. The number of carbonyl (C=O) groups is 1. The van der Waals surface area contributed by atoms with E-state index in [4.69, 9.17) is 9.47 Å². The summed E-state index contributed by atoms with van der Waals surface area (Å²) in [4.78, 5) is 12.0. The third-order valence-corrected chi connectivity index (χ3v) is 3.76. The van der Waals surface area contributed by atoms with Crippen molar-refractivity contribution in [2.75, 3.05) is 20.3 Å². The van der Waals surface area contributed by atoms with Crippen molar-refractivity contribution in [3.8, 4) is 0 Å². The summed E-state index contributed by atoms with van der Waals surface area (Å²) in [5.41, 5.74) is -0.767. The summed E-state index contributed by atoms with van der Waals surface area (Å²) in [5.74, 6) is -0.326. The second kappa shape index (κ2) is 7.98. The number of alkyl halides is 3. The molecule has 0 aromatic heterocycles. The zero-order valence-corrected chi connectivity index (χ0v) is 12.6. The predicted molar refractivity (Wildman–Crippen MR) is 71.9 cm³/mol. The van der Waals surface area contributed by atoms with Crippen LogP contribution in [0.2, 0.25) is 0 Å². The molecule has 2 atom stereocenters. The molecule has 0 spiro atoms. The van der Waals surface area contributed by atoms with E-state index in [1.54, 1.807) is 0 Å². The van der Waals surface area contributed by atoms with E-state index in [0.717, 1.165) is 12.8 Å². The number of ether oxygens (including phenoxy) is 2. The first-order valence-corrected chi connectivity index (χ1v) is 7.35. The molecule has 1 rings (SSSR count). The lowest BCUT2D eigenvalue weighted by atomic mass is 9.80. The molecule has 1 N–H and O–H groups in total. The molecule has 2 unspecified atom stereocenters. The molecule has 4 nitrogen and oxygen atoms in total. The number of likely N-dealkylation sites (N-methyl/N-ethyl adjacent to an activating group) is 1. The third-order valence-electron chi connectivity index (χ3n) is 3.76. The summed E-state index contributed by atoms with van der Waals surface area (Å²) in [6.07, 6.45) is -2.58. The van der Waals surface area contributed by atoms with Crippen LogP contribution in [0.5, 0.6) is 0 Å². The second-order valence-corrected chi connectivity index (χ2v) is 5.41. The molecule has 0 amide bonds. The number of esters is 1. The first kappa shape index (κ1) is 18.2. The standard InChI is InChI=1S/C14H24F3NO3/c1-3-18-13(12(19)20-2)7-4-6-11(10-13)21-9-5-8-14(15,16)17/h11,18H,3-10H2,1-2H3. The average Bonchev–Trinajstić information content (AvgIpc) is 2.42. The third kappa shape index (κ3) is 5.82. The fourth-order valence-electron chi connectivity index (χ4n) is 2.84. The summed E-state index contributed by atoms with van der Waals surface area (Å²) >= 11 is 0. The molecule has 0 aromatic carbocycles. The van der Waals surface area contributed by atoms with Gasteiger partial charge in [-0.2, -0.15) is 13.2 Å². The maximum atomic E-state index is 12.1. The van der Waals surface area contributed by atoms with Crippen LogP contribution in [0.1, 0.15) is 45.4 Å². The largest absolute Gasteiger partial charge is 0.468 e. The van der Waals surface area contributed by atoms with Crippen LogP contribution in [-0.2, 0) is 14.3 Å². The van der Waals surface area contributed by atoms with Crippen molar-refractivity contribution in [2.24, 2.45) is 0 Å². The van der Waals surface area contributed by atoms with E-state index in [1.807, 2.05) is 6.92 Å². The quantitative estimate of drug-likeness (QED) is 0.580. The van der Waals surface area contributed by atoms with Crippen LogP contribution in [-0.4, -0.2) is 44.0 Å². The Hall–Kier alpha value is -0.820. The number of carbonyl (C=O) groups excluding carboxylic acids is 1. The van der Waals surface area contributed by atoms with Crippen LogP contribution in [0.25, 0.3) is 0 Å². The molecule has 0 radical (unpaired) electrons. The van der Waals surface area contributed by atoms with Crippen LogP contribution in [0, 0.1) is 0 Å². The predicted octanol–water partition coefficient (Wildman–Crippen LogP) is 2.81. The molecule has 0 saturated heterocycles. The molecule has 1 aliphatic carbocycles. The molecule has 124 valence electrons. The Balaban J connectivity index is 2.48. The lowest BCUT2D eigenvalue weighted by Gasteiger charge is -2.39. The van der Waals surface area contributed by atoms with E-state index in [-0.39, 0.29) is 25.1 Å². The van der Waals surface area contributed by atoms with Gasteiger partial charge in [-0.1, -0.05) is 6.92 Å². The molecule has 21 heavy (non-hydrogen) atoms. The number of nitrogens with one attached hydrogen (secondary N) is 1. The van der Waals surface area contributed by atoms with Gasteiger partial charge in [0.1, 0.15) is 5.54 Å². The topological polar surface area (TPSA) is 47.6 Å². The minimum atomic E-state index is -4.14. The summed E-state index contributed by atoms with van der Waals surface area (Å²) in [7, 11) is 1.34. The Bertz CT molecular complexity index is 332. The summed E-state index contributed by atoms with van der Waals surface area (Å²) in [6, 6.07) is 0. The van der Waals surface area contributed by atoms with Gasteiger partial charge in [0.05, 0.1) is 13.2 Å². The van der Waals surface area contributed by atoms with Gasteiger partial charge in [0.25, 0.3) is 0 Å². The first-order chi connectivity index (χ1) is 9.83. The Morgan fingerprint density at radius 2 is 2.14 bits per heavy atom. The van der Waals surface area contributed by atoms with Gasteiger partial charge < -0.3 is 14.8 Å². The normalized spacial score (nSPS) is 26.6. The van der Waals surface area contributed by atoms with Gasteiger partial charge in [0.15, 0.2) is 0 Å².